The van der Waals surface area contributed by atoms with Crippen molar-refractivity contribution in [3.8, 4) is 11.6 Å². The summed E-state index contributed by atoms with van der Waals surface area (Å²) in [6, 6.07) is 3.73. The van der Waals surface area contributed by atoms with Gasteiger partial charge in [-0.05, 0) is 25.0 Å². The predicted octanol–water partition coefficient (Wildman–Crippen LogP) is 2.47. The number of nitrogens with two attached hydrogens (primary N) is 1. The van der Waals surface area contributed by atoms with Gasteiger partial charge in [-0.3, -0.25) is 4.98 Å². The van der Waals surface area contributed by atoms with Crippen LogP contribution in [0.4, 0.5) is 0 Å². The summed E-state index contributed by atoms with van der Waals surface area (Å²) >= 11 is 0. The minimum atomic E-state index is -0.120. The summed E-state index contributed by atoms with van der Waals surface area (Å²) in [4.78, 5) is 8.64. The molecule has 2 rings (SSSR count). The monoisotopic (exact) mass is 276 g/mol. The van der Waals surface area contributed by atoms with Gasteiger partial charge in [0.05, 0.1) is 0 Å². The molecule has 2 N–H and O–H groups in total. The lowest BCUT2D eigenvalue weighted by atomic mass is 10.2. The lowest BCUT2D eigenvalue weighted by Gasteiger charge is -2.11. The van der Waals surface area contributed by atoms with Gasteiger partial charge in [0.2, 0.25) is 5.82 Å². The summed E-state index contributed by atoms with van der Waals surface area (Å²) in [5, 5.41) is 4.00. The Hall–Kier alpha value is -1.79. The van der Waals surface area contributed by atoms with Crippen molar-refractivity contribution < 1.29 is 9.26 Å². The van der Waals surface area contributed by atoms with Crippen LogP contribution in [0.1, 0.15) is 44.2 Å². The van der Waals surface area contributed by atoms with Crippen LogP contribution in [0, 0.1) is 0 Å². The number of hydrogen-bond acceptors (Lipinski definition) is 6. The smallest absolute Gasteiger partial charge is 0.276 e. The molecule has 0 bridgehead atoms. The van der Waals surface area contributed by atoms with Gasteiger partial charge in [0.25, 0.3) is 5.89 Å². The van der Waals surface area contributed by atoms with Crippen LogP contribution < -0.4 is 5.73 Å². The van der Waals surface area contributed by atoms with Crippen LogP contribution in [0.3, 0.4) is 0 Å². The SMILES string of the molecule is CCCC(OCC)c1noc(-c2ccc(CN)cn2)n1. The minimum absolute atomic E-state index is 0.120. The van der Waals surface area contributed by atoms with E-state index in [0.717, 1.165) is 18.4 Å². The van der Waals surface area contributed by atoms with Crippen LogP contribution in [0.15, 0.2) is 22.9 Å². The fourth-order valence-corrected chi connectivity index (χ4v) is 1.89. The van der Waals surface area contributed by atoms with Crippen molar-refractivity contribution in [3.05, 3.63) is 29.7 Å². The van der Waals surface area contributed by atoms with Crippen molar-refractivity contribution in [1.29, 1.82) is 0 Å². The highest BCUT2D eigenvalue weighted by atomic mass is 16.5. The van der Waals surface area contributed by atoms with Crippen LogP contribution in [-0.4, -0.2) is 21.7 Å². The van der Waals surface area contributed by atoms with Gasteiger partial charge in [-0.2, -0.15) is 4.98 Å². The summed E-state index contributed by atoms with van der Waals surface area (Å²) in [7, 11) is 0. The Labute approximate surface area is 118 Å². The molecule has 0 saturated heterocycles. The molecule has 2 heterocycles. The number of rotatable bonds is 7. The molecule has 0 aromatic carbocycles. The second kappa shape index (κ2) is 7.12. The first-order valence-electron chi connectivity index (χ1n) is 6.89. The van der Waals surface area contributed by atoms with Gasteiger partial charge in [0.1, 0.15) is 11.8 Å². The van der Waals surface area contributed by atoms with Gasteiger partial charge in [-0.1, -0.05) is 24.6 Å². The average molecular weight is 276 g/mol. The van der Waals surface area contributed by atoms with Crippen molar-refractivity contribution in [2.24, 2.45) is 5.73 Å². The van der Waals surface area contributed by atoms with E-state index in [2.05, 4.69) is 22.0 Å². The molecular weight excluding hydrogens is 256 g/mol. The Balaban J connectivity index is 2.17. The molecule has 0 amide bonds. The van der Waals surface area contributed by atoms with Gasteiger partial charge in [-0.15, -0.1) is 0 Å². The van der Waals surface area contributed by atoms with Crippen molar-refractivity contribution >= 4 is 0 Å². The van der Waals surface area contributed by atoms with Crippen molar-refractivity contribution in [1.82, 2.24) is 15.1 Å². The minimum Gasteiger partial charge on any atom is -0.370 e. The highest BCUT2D eigenvalue weighted by molar-refractivity contribution is 5.46. The number of hydrogen-bond donors (Lipinski definition) is 1. The maximum atomic E-state index is 5.63. The Morgan fingerprint density at radius 2 is 2.20 bits per heavy atom. The normalized spacial score (nSPS) is 12.6. The zero-order chi connectivity index (χ0) is 14.4. The molecule has 0 radical (unpaired) electrons. The van der Waals surface area contributed by atoms with Crippen molar-refractivity contribution in [3.63, 3.8) is 0 Å². The highest BCUT2D eigenvalue weighted by Crippen LogP contribution is 2.23. The lowest BCUT2D eigenvalue weighted by Crippen LogP contribution is -2.06. The van der Waals surface area contributed by atoms with E-state index in [9.17, 15) is 0 Å². The van der Waals surface area contributed by atoms with Crippen molar-refractivity contribution in [2.75, 3.05) is 6.61 Å². The first-order chi connectivity index (χ1) is 9.78. The third kappa shape index (κ3) is 3.40. The largest absolute Gasteiger partial charge is 0.370 e. The topological polar surface area (TPSA) is 87.1 Å². The third-order valence-electron chi connectivity index (χ3n) is 2.93. The van der Waals surface area contributed by atoms with Gasteiger partial charge in [-0.25, -0.2) is 0 Å². The van der Waals surface area contributed by atoms with Crippen LogP contribution in [0.5, 0.6) is 0 Å². The van der Waals surface area contributed by atoms with Crippen LogP contribution in [0.25, 0.3) is 11.6 Å². The Kier molecular flexibility index (Phi) is 5.20. The molecule has 20 heavy (non-hydrogen) atoms. The van der Waals surface area contributed by atoms with Gasteiger partial charge in [0, 0.05) is 19.3 Å². The first-order valence-corrected chi connectivity index (χ1v) is 6.89. The quantitative estimate of drug-likeness (QED) is 0.835. The van der Waals surface area contributed by atoms with E-state index in [1.54, 1.807) is 6.20 Å². The van der Waals surface area contributed by atoms with E-state index in [-0.39, 0.29) is 6.10 Å². The van der Waals surface area contributed by atoms with E-state index in [4.69, 9.17) is 15.0 Å². The molecule has 0 aliphatic rings. The number of nitrogens with zero attached hydrogens (tertiary/aromatic N) is 3. The fraction of sp³-hybridized carbons (Fsp3) is 0.500. The lowest BCUT2D eigenvalue weighted by molar-refractivity contribution is 0.0478. The Morgan fingerprint density at radius 3 is 2.80 bits per heavy atom. The molecule has 6 heteroatoms. The van der Waals surface area contributed by atoms with Crippen LogP contribution in [-0.2, 0) is 11.3 Å². The third-order valence-corrected chi connectivity index (χ3v) is 2.93. The molecule has 0 aliphatic heterocycles. The Morgan fingerprint density at radius 1 is 1.35 bits per heavy atom. The van der Waals surface area contributed by atoms with Gasteiger partial charge >= 0.3 is 0 Å². The number of pyridine rings is 1. The van der Waals surface area contributed by atoms with Crippen LogP contribution >= 0.6 is 0 Å². The van der Waals surface area contributed by atoms with Gasteiger partial charge in [0.15, 0.2) is 0 Å². The zero-order valence-electron chi connectivity index (χ0n) is 11.9. The average Bonchev–Trinajstić information content (AvgIpc) is 2.97. The Bertz CT molecular complexity index is 518. The molecule has 0 saturated carbocycles. The number of aromatic nitrogens is 3. The maximum absolute atomic E-state index is 5.63. The van der Waals surface area contributed by atoms with E-state index in [1.165, 1.54) is 0 Å². The maximum Gasteiger partial charge on any atom is 0.276 e. The molecule has 2 aromatic heterocycles. The second-order valence-electron chi connectivity index (χ2n) is 4.45. The van der Waals surface area contributed by atoms with Crippen LogP contribution in [0.2, 0.25) is 0 Å². The van der Waals surface area contributed by atoms with E-state index >= 15 is 0 Å². The zero-order valence-corrected chi connectivity index (χ0v) is 11.9. The molecule has 2 aromatic rings. The predicted molar refractivity (Wildman–Crippen MR) is 74.7 cm³/mol. The molecule has 1 atom stereocenters. The van der Waals surface area contributed by atoms with Crippen molar-refractivity contribution in [2.45, 2.75) is 39.3 Å². The molecule has 1 unspecified atom stereocenters. The summed E-state index contributed by atoms with van der Waals surface area (Å²) in [6.45, 7) is 5.14. The summed E-state index contributed by atoms with van der Waals surface area (Å²) in [6.07, 6.45) is 3.46. The molecule has 0 fully saturated rings. The summed E-state index contributed by atoms with van der Waals surface area (Å²) in [5.74, 6) is 0.984. The van der Waals surface area contributed by atoms with E-state index in [1.807, 2.05) is 19.1 Å². The molecule has 0 aliphatic carbocycles. The second-order valence-corrected chi connectivity index (χ2v) is 4.45. The molecule has 108 valence electrons. The standard InChI is InChI=1S/C14H20N4O2/c1-3-5-12(19-4-2)13-17-14(20-18-13)11-7-6-10(8-15)9-16-11/h6-7,9,12H,3-5,8,15H2,1-2H3. The highest BCUT2D eigenvalue weighted by Gasteiger charge is 2.19. The van der Waals surface area contributed by atoms with Gasteiger partial charge < -0.3 is 15.0 Å². The summed E-state index contributed by atoms with van der Waals surface area (Å²) < 4.78 is 10.9. The van der Waals surface area contributed by atoms with E-state index < -0.39 is 0 Å². The molecular formula is C14H20N4O2. The molecule has 6 nitrogen and oxygen atoms in total. The fourth-order valence-electron chi connectivity index (χ4n) is 1.89. The number of ether oxygens (including phenoxy) is 1. The molecule has 0 spiro atoms. The summed E-state index contributed by atoms with van der Waals surface area (Å²) in [5.41, 5.74) is 7.15. The first kappa shape index (κ1) is 14.6. The van der Waals surface area contributed by atoms with E-state index in [0.29, 0.717) is 30.6 Å².